The zero-order valence-corrected chi connectivity index (χ0v) is 15.6. The zero-order chi connectivity index (χ0) is 18.7. The second-order valence-electron chi connectivity index (χ2n) is 6.84. The van der Waals surface area contributed by atoms with Crippen LogP contribution in [-0.2, 0) is 12.8 Å². The summed E-state index contributed by atoms with van der Waals surface area (Å²) in [5.74, 6) is 0. The van der Waals surface area contributed by atoms with E-state index >= 15 is 0 Å². The molecule has 1 aliphatic heterocycles. The third kappa shape index (κ3) is 4.13. The molecule has 1 aliphatic rings. The van der Waals surface area contributed by atoms with Gasteiger partial charge in [0.25, 0.3) is 0 Å². The third-order valence-electron chi connectivity index (χ3n) is 5.01. The second-order valence-corrected chi connectivity index (χ2v) is 8.23. The fourth-order valence-electron chi connectivity index (χ4n) is 3.39. The Labute approximate surface area is 158 Å². The van der Waals surface area contributed by atoms with Crippen LogP contribution in [0.3, 0.4) is 0 Å². The Balaban J connectivity index is 1.79. The largest absolute Gasteiger partial charge is 0.395 e. The second kappa shape index (κ2) is 8.55. The van der Waals surface area contributed by atoms with Crippen LogP contribution in [0.4, 0.5) is 0 Å². The summed E-state index contributed by atoms with van der Waals surface area (Å²) in [7, 11) is 0. The van der Waals surface area contributed by atoms with Crippen LogP contribution < -0.4 is 0 Å². The van der Waals surface area contributed by atoms with Crippen LogP contribution in [0.2, 0.25) is 0 Å². The Bertz CT molecular complexity index is 716. The molecule has 5 heteroatoms. The molecule has 3 rings (SSSR count). The Morgan fingerprint density at radius 3 is 2.19 bits per heavy atom. The first-order valence-electron chi connectivity index (χ1n) is 9.00. The van der Waals surface area contributed by atoms with Gasteiger partial charge in [0.2, 0.25) is 0 Å². The van der Waals surface area contributed by atoms with Crippen LogP contribution in [0.15, 0.2) is 48.5 Å². The molecule has 5 atom stereocenters. The molecular formula is C21H26O4S. The van der Waals surface area contributed by atoms with Crippen molar-refractivity contribution in [2.75, 3.05) is 6.61 Å². The Morgan fingerprint density at radius 2 is 1.54 bits per heavy atom. The van der Waals surface area contributed by atoms with Gasteiger partial charge >= 0.3 is 0 Å². The van der Waals surface area contributed by atoms with E-state index in [0.29, 0.717) is 0 Å². The summed E-state index contributed by atoms with van der Waals surface area (Å²) >= 11 is 1.31. The molecule has 0 spiro atoms. The lowest BCUT2D eigenvalue weighted by Crippen LogP contribution is -2.51. The van der Waals surface area contributed by atoms with E-state index in [9.17, 15) is 20.4 Å². The number of hydrogen-bond acceptors (Lipinski definition) is 5. The summed E-state index contributed by atoms with van der Waals surface area (Å²) in [6.07, 6.45) is -1.65. The quantitative estimate of drug-likeness (QED) is 0.644. The van der Waals surface area contributed by atoms with Crippen molar-refractivity contribution in [1.29, 1.82) is 0 Å². The maximum Gasteiger partial charge on any atom is 0.108 e. The van der Waals surface area contributed by atoms with E-state index in [1.165, 1.54) is 22.9 Å². The van der Waals surface area contributed by atoms with Gasteiger partial charge in [0, 0.05) is 0 Å². The SMILES string of the molecule is CCc1ccc(Cc2cccc([C@@H]3S[C@H](CO)[C@@H](O)[C@H](O)[C@H]3O)c2)cc1. The first-order chi connectivity index (χ1) is 12.5. The van der Waals surface area contributed by atoms with Crippen molar-refractivity contribution in [3.63, 3.8) is 0 Å². The molecule has 1 fully saturated rings. The highest BCUT2D eigenvalue weighted by atomic mass is 32.2. The Kier molecular flexibility index (Phi) is 6.37. The molecule has 1 saturated heterocycles. The number of hydrogen-bond donors (Lipinski definition) is 4. The topological polar surface area (TPSA) is 80.9 Å². The summed E-state index contributed by atoms with van der Waals surface area (Å²) in [5.41, 5.74) is 4.56. The number of aryl methyl sites for hydroxylation is 1. The minimum Gasteiger partial charge on any atom is -0.395 e. The summed E-state index contributed by atoms with van der Waals surface area (Å²) in [5, 5.41) is 39.0. The van der Waals surface area contributed by atoms with Crippen LogP contribution >= 0.6 is 11.8 Å². The van der Waals surface area contributed by atoms with Gasteiger partial charge in [-0.1, -0.05) is 55.5 Å². The smallest absolute Gasteiger partial charge is 0.108 e. The van der Waals surface area contributed by atoms with Crippen molar-refractivity contribution in [2.24, 2.45) is 0 Å². The molecule has 0 aliphatic carbocycles. The van der Waals surface area contributed by atoms with E-state index in [0.717, 1.165) is 24.0 Å². The minimum absolute atomic E-state index is 0.240. The van der Waals surface area contributed by atoms with Crippen molar-refractivity contribution < 1.29 is 20.4 Å². The van der Waals surface area contributed by atoms with Crippen LogP contribution in [0.5, 0.6) is 0 Å². The van der Waals surface area contributed by atoms with E-state index in [1.807, 2.05) is 24.3 Å². The van der Waals surface area contributed by atoms with E-state index < -0.39 is 23.6 Å². The fourth-order valence-corrected chi connectivity index (χ4v) is 4.80. The molecular weight excluding hydrogens is 348 g/mol. The molecule has 2 aromatic carbocycles. The number of thioether (sulfide) groups is 1. The summed E-state index contributed by atoms with van der Waals surface area (Å²) < 4.78 is 0. The van der Waals surface area contributed by atoms with Gasteiger partial charge in [0.1, 0.15) is 6.10 Å². The predicted molar refractivity (Wildman–Crippen MR) is 104 cm³/mol. The van der Waals surface area contributed by atoms with Crippen molar-refractivity contribution in [3.8, 4) is 0 Å². The average Bonchev–Trinajstić information content (AvgIpc) is 2.67. The number of benzene rings is 2. The van der Waals surface area contributed by atoms with Crippen molar-refractivity contribution >= 4 is 11.8 Å². The van der Waals surface area contributed by atoms with Crippen LogP contribution in [0.1, 0.15) is 34.4 Å². The van der Waals surface area contributed by atoms with Gasteiger partial charge in [0.05, 0.1) is 29.3 Å². The highest BCUT2D eigenvalue weighted by Crippen LogP contribution is 2.43. The van der Waals surface area contributed by atoms with Gasteiger partial charge in [-0.25, -0.2) is 0 Å². The monoisotopic (exact) mass is 374 g/mol. The van der Waals surface area contributed by atoms with E-state index in [1.54, 1.807) is 0 Å². The molecule has 0 radical (unpaired) electrons. The lowest BCUT2D eigenvalue weighted by atomic mass is 9.95. The molecule has 0 bridgehead atoms. The van der Waals surface area contributed by atoms with Crippen LogP contribution in [-0.4, -0.2) is 50.6 Å². The van der Waals surface area contributed by atoms with Crippen LogP contribution in [0, 0.1) is 0 Å². The standard InChI is InChI=1S/C21H26O4S/c1-2-13-6-8-14(9-7-13)10-15-4-3-5-16(11-15)21-20(25)19(24)18(23)17(12-22)26-21/h3-9,11,17-25H,2,10,12H2,1H3/t17-,18-,19+,20-,21+/m1/s1. The highest BCUT2D eigenvalue weighted by molar-refractivity contribution is 8.00. The predicted octanol–water partition coefficient (Wildman–Crippen LogP) is 2.07. The normalized spacial score (nSPS) is 28.9. The summed E-state index contributed by atoms with van der Waals surface area (Å²) in [6.45, 7) is 1.90. The van der Waals surface area contributed by atoms with Gasteiger partial charge in [-0.3, -0.25) is 0 Å². The van der Waals surface area contributed by atoms with Gasteiger partial charge < -0.3 is 20.4 Å². The van der Waals surface area contributed by atoms with Gasteiger partial charge in [-0.05, 0) is 35.1 Å². The number of rotatable bonds is 5. The lowest BCUT2D eigenvalue weighted by Gasteiger charge is -2.39. The fraction of sp³-hybridized carbons (Fsp3) is 0.429. The zero-order valence-electron chi connectivity index (χ0n) is 14.8. The molecule has 1 heterocycles. The average molecular weight is 375 g/mol. The van der Waals surface area contributed by atoms with Crippen molar-refractivity contribution in [1.82, 2.24) is 0 Å². The van der Waals surface area contributed by atoms with Crippen molar-refractivity contribution in [2.45, 2.75) is 48.6 Å². The maximum absolute atomic E-state index is 10.4. The molecule has 26 heavy (non-hydrogen) atoms. The third-order valence-corrected chi connectivity index (χ3v) is 6.63. The Morgan fingerprint density at radius 1 is 0.846 bits per heavy atom. The van der Waals surface area contributed by atoms with Gasteiger partial charge in [-0.15, -0.1) is 11.8 Å². The molecule has 0 amide bonds. The molecule has 0 unspecified atom stereocenters. The molecule has 140 valence electrons. The molecule has 4 nitrogen and oxygen atoms in total. The first kappa shape index (κ1) is 19.4. The van der Waals surface area contributed by atoms with Crippen molar-refractivity contribution in [3.05, 3.63) is 70.8 Å². The number of aliphatic hydroxyl groups is 4. The van der Waals surface area contributed by atoms with Gasteiger partial charge in [-0.2, -0.15) is 0 Å². The molecule has 0 aromatic heterocycles. The van der Waals surface area contributed by atoms with Gasteiger partial charge in [0.15, 0.2) is 0 Å². The lowest BCUT2D eigenvalue weighted by molar-refractivity contribution is -0.0700. The van der Waals surface area contributed by atoms with E-state index in [4.69, 9.17) is 0 Å². The maximum atomic E-state index is 10.4. The summed E-state index contributed by atoms with van der Waals surface area (Å²) in [4.78, 5) is 0. The first-order valence-corrected chi connectivity index (χ1v) is 9.95. The highest BCUT2D eigenvalue weighted by Gasteiger charge is 2.43. The Hall–Kier alpha value is -1.37. The number of aliphatic hydroxyl groups excluding tert-OH is 4. The molecule has 0 saturated carbocycles. The van der Waals surface area contributed by atoms with E-state index in [-0.39, 0.29) is 11.9 Å². The molecule has 2 aromatic rings. The minimum atomic E-state index is -1.26. The molecule has 4 N–H and O–H groups in total. The summed E-state index contributed by atoms with van der Waals surface area (Å²) in [6, 6.07) is 16.5. The van der Waals surface area contributed by atoms with E-state index in [2.05, 4.69) is 31.2 Å². The van der Waals surface area contributed by atoms with Crippen LogP contribution in [0.25, 0.3) is 0 Å².